The molecule has 0 fully saturated rings. The maximum Gasteiger partial charge on any atom is 0.387 e. The first kappa shape index (κ1) is 20.6. The fourth-order valence-electron chi connectivity index (χ4n) is 2.28. The molecule has 0 aliphatic carbocycles. The lowest BCUT2D eigenvalue weighted by molar-refractivity contribution is -0.147. The summed E-state index contributed by atoms with van der Waals surface area (Å²) in [5.74, 6) is -1.34. The summed E-state index contributed by atoms with van der Waals surface area (Å²) in [5.41, 5.74) is 2.03. The van der Waals surface area contributed by atoms with Gasteiger partial charge in [-0.3, -0.25) is 14.3 Å². The van der Waals surface area contributed by atoms with Gasteiger partial charge in [-0.15, -0.1) is 0 Å². The predicted octanol–water partition coefficient (Wildman–Crippen LogP) is 3.33. The third-order valence-electron chi connectivity index (χ3n) is 3.43. The Morgan fingerprint density at radius 3 is 2.63 bits per heavy atom. The molecule has 1 aromatic heterocycles. The standard InChI is InChI=1S/C17H18ClF2N3O4/c1-10-7-11(2)23(22-10)6-5-16(25)26-9-15(24)21-12-3-4-14(13(18)8-12)27-17(19)20/h3-4,7-8,17H,5-6,9H2,1-2H3,(H,21,24). The number of nitrogens with one attached hydrogen (secondary N) is 1. The van der Waals surface area contributed by atoms with Crippen molar-refractivity contribution in [2.45, 2.75) is 33.4 Å². The van der Waals surface area contributed by atoms with E-state index in [-0.39, 0.29) is 22.9 Å². The number of esters is 1. The molecule has 2 rings (SSSR count). The third kappa shape index (κ3) is 6.52. The van der Waals surface area contributed by atoms with Crippen molar-refractivity contribution in [3.05, 3.63) is 40.7 Å². The number of nitrogens with zero attached hydrogens (tertiary/aromatic N) is 2. The molecule has 0 spiro atoms. The Bertz CT molecular complexity index is 827. The van der Waals surface area contributed by atoms with Gasteiger partial charge < -0.3 is 14.8 Å². The van der Waals surface area contributed by atoms with Gasteiger partial charge in [-0.05, 0) is 38.1 Å². The predicted molar refractivity (Wildman–Crippen MR) is 94.0 cm³/mol. The van der Waals surface area contributed by atoms with Crippen LogP contribution in [-0.4, -0.2) is 34.9 Å². The number of ether oxygens (including phenoxy) is 2. The summed E-state index contributed by atoms with van der Waals surface area (Å²) in [4.78, 5) is 23.6. The molecule has 146 valence electrons. The molecule has 1 aromatic carbocycles. The molecule has 0 bridgehead atoms. The van der Waals surface area contributed by atoms with Crippen molar-refractivity contribution in [2.24, 2.45) is 0 Å². The first-order valence-electron chi connectivity index (χ1n) is 7.95. The number of rotatable bonds is 8. The van der Waals surface area contributed by atoms with E-state index in [0.717, 1.165) is 11.4 Å². The fraction of sp³-hybridized carbons (Fsp3) is 0.353. The van der Waals surface area contributed by atoms with E-state index in [1.807, 2.05) is 19.9 Å². The summed E-state index contributed by atoms with van der Waals surface area (Å²) in [6, 6.07) is 5.68. The number of alkyl halides is 2. The summed E-state index contributed by atoms with van der Waals surface area (Å²) < 4.78 is 35.1. The van der Waals surface area contributed by atoms with E-state index >= 15 is 0 Å². The summed E-state index contributed by atoms with van der Waals surface area (Å²) in [7, 11) is 0. The van der Waals surface area contributed by atoms with E-state index in [4.69, 9.17) is 16.3 Å². The van der Waals surface area contributed by atoms with Crippen molar-refractivity contribution in [1.29, 1.82) is 0 Å². The lowest BCUT2D eigenvalue weighted by Gasteiger charge is -2.10. The third-order valence-corrected chi connectivity index (χ3v) is 3.72. The quantitative estimate of drug-likeness (QED) is 0.686. The van der Waals surface area contributed by atoms with Crippen LogP contribution in [0.5, 0.6) is 5.75 Å². The van der Waals surface area contributed by atoms with Crippen LogP contribution in [0, 0.1) is 13.8 Å². The smallest absolute Gasteiger partial charge is 0.387 e. The van der Waals surface area contributed by atoms with Gasteiger partial charge in [0, 0.05) is 11.4 Å². The first-order chi connectivity index (χ1) is 12.7. The van der Waals surface area contributed by atoms with Crippen molar-refractivity contribution in [3.63, 3.8) is 0 Å². The van der Waals surface area contributed by atoms with Crippen LogP contribution in [0.1, 0.15) is 17.8 Å². The zero-order valence-corrected chi connectivity index (χ0v) is 15.4. The van der Waals surface area contributed by atoms with Crippen LogP contribution >= 0.6 is 11.6 Å². The molecule has 1 heterocycles. The van der Waals surface area contributed by atoms with Gasteiger partial charge in [0.05, 0.1) is 23.7 Å². The van der Waals surface area contributed by atoms with Crippen LogP contribution in [0.25, 0.3) is 0 Å². The molecule has 0 aliphatic rings. The van der Waals surface area contributed by atoms with Crippen molar-refractivity contribution in [1.82, 2.24) is 9.78 Å². The molecule has 0 atom stereocenters. The Hall–Kier alpha value is -2.68. The maximum absolute atomic E-state index is 12.2. The molecule has 1 amide bonds. The molecule has 0 aliphatic heterocycles. The Balaban J connectivity index is 1.77. The Morgan fingerprint density at radius 2 is 2.04 bits per heavy atom. The van der Waals surface area contributed by atoms with Gasteiger partial charge in [-0.2, -0.15) is 13.9 Å². The van der Waals surface area contributed by atoms with Gasteiger partial charge in [-0.1, -0.05) is 11.6 Å². The highest BCUT2D eigenvalue weighted by Gasteiger charge is 2.12. The van der Waals surface area contributed by atoms with E-state index in [1.54, 1.807) is 4.68 Å². The number of aryl methyl sites for hydroxylation is 3. The summed E-state index contributed by atoms with van der Waals surface area (Å²) in [5, 5.41) is 6.58. The van der Waals surface area contributed by atoms with E-state index in [1.165, 1.54) is 18.2 Å². The van der Waals surface area contributed by atoms with Crippen LogP contribution in [-0.2, 0) is 20.9 Å². The van der Waals surface area contributed by atoms with Gasteiger partial charge >= 0.3 is 12.6 Å². The minimum atomic E-state index is -3.00. The number of anilines is 1. The summed E-state index contributed by atoms with van der Waals surface area (Å²) in [6.45, 7) is 0.591. The van der Waals surface area contributed by atoms with Crippen LogP contribution in [0.4, 0.5) is 14.5 Å². The van der Waals surface area contributed by atoms with E-state index in [9.17, 15) is 18.4 Å². The van der Waals surface area contributed by atoms with Crippen LogP contribution < -0.4 is 10.1 Å². The van der Waals surface area contributed by atoms with Gasteiger partial charge in [0.2, 0.25) is 0 Å². The maximum atomic E-state index is 12.2. The van der Waals surface area contributed by atoms with Crippen LogP contribution in [0.15, 0.2) is 24.3 Å². The van der Waals surface area contributed by atoms with E-state index < -0.39 is 25.1 Å². The number of hydrogen-bond acceptors (Lipinski definition) is 5. The highest BCUT2D eigenvalue weighted by Crippen LogP contribution is 2.28. The van der Waals surface area contributed by atoms with Crippen molar-refractivity contribution in [2.75, 3.05) is 11.9 Å². The molecule has 0 saturated heterocycles. The van der Waals surface area contributed by atoms with Gasteiger partial charge in [0.1, 0.15) is 5.75 Å². The fourth-order valence-corrected chi connectivity index (χ4v) is 2.51. The van der Waals surface area contributed by atoms with Crippen LogP contribution in [0.2, 0.25) is 5.02 Å². The number of aromatic nitrogens is 2. The molecule has 0 radical (unpaired) electrons. The summed E-state index contributed by atoms with van der Waals surface area (Å²) in [6.07, 6.45) is 0.0702. The largest absolute Gasteiger partial charge is 0.456 e. The topological polar surface area (TPSA) is 82.5 Å². The SMILES string of the molecule is Cc1cc(C)n(CCC(=O)OCC(=O)Nc2ccc(OC(F)F)c(Cl)c2)n1. The van der Waals surface area contributed by atoms with Gasteiger partial charge in [0.25, 0.3) is 5.91 Å². The second-order valence-electron chi connectivity index (χ2n) is 5.63. The van der Waals surface area contributed by atoms with Gasteiger partial charge in [-0.25, -0.2) is 0 Å². The minimum absolute atomic E-state index is 0.0702. The zero-order chi connectivity index (χ0) is 20.0. The monoisotopic (exact) mass is 401 g/mol. The Morgan fingerprint density at radius 1 is 1.30 bits per heavy atom. The highest BCUT2D eigenvalue weighted by molar-refractivity contribution is 6.32. The Labute approximate surface area is 159 Å². The number of benzene rings is 1. The molecule has 0 saturated carbocycles. The van der Waals surface area contributed by atoms with E-state index in [2.05, 4.69) is 15.2 Å². The zero-order valence-electron chi connectivity index (χ0n) is 14.7. The normalized spacial score (nSPS) is 10.7. The molecule has 2 aromatic rings. The molecule has 0 unspecified atom stereocenters. The molecular weight excluding hydrogens is 384 g/mol. The van der Waals surface area contributed by atoms with Crippen LogP contribution in [0.3, 0.4) is 0 Å². The average molecular weight is 402 g/mol. The van der Waals surface area contributed by atoms with Crippen molar-refractivity contribution in [3.8, 4) is 5.75 Å². The van der Waals surface area contributed by atoms with Crippen molar-refractivity contribution >= 4 is 29.2 Å². The van der Waals surface area contributed by atoms with Gasteiger partial charge in [0.15, 0.2) is 6.61 Å². The molecular formula is C17H18ClF2N3O4. The molecule has 7 nitrogen and oxygen atoms in total. The number of carbonyl (C=O) groups is 2. The average Bonchev–Trinajstić information content (AvgIpc) is 2.90. The molecule has 10 heteroatoms. The minimum Gasteiger partial charge on any atom is -0.456 e. The second-order valence-corrected chi connectivity index (χ2v) is 6.04. The second kappa shape index (κ2) is 9.31. The molecule has 27 heavy (non-hydrogen) atoms. The first-order valence-corrected chi connectivity index (χ1v) is 8.33. The van der Waals surface area contributed by atoms with E-state index in [0.29, 0.717) is 6.54 Å². The number of halogens is 3. The summed E-state index contributed by atoms with van der Waals surface area (Å²) >= 11 is 5.80. The Kier molecular flexibility index (Phi) is 7.12. The lowest BCUT2D eigenvalue weighted by atomic mass is 10.3. The van der Waals surface area contributed by atoms with Crippen molar-refractivity contribution < 1.29 is 27.8 Å². The number of amides is 1. The number of hydrogen-bond donors (Lipinski definition) is 1. The number of carbonyl (C=O) groups excluding carboxylic acids is 2. The lowest BCUT2D eigenvalue weighted by Crippen LogP contribution is -2.21. The highest BCUT2D eigenvalue weighted by atomic mass is 35.5. The molecule has 1 N–H and O–H groups in total.